The predicted octanol–water partition coefficient (Wildman–Crippen LogP) is 3.04. The van der Waals surface area contributed by atoms with Crippen molar-refractivity contribution in [3.63, 3.8) is 0 Å². The Balaban J connectivity index is 2.45. The molecule has 0 aliphatic rings. The molecule has 6 nitrogen and oxygen atoms in total. The quantitative estimate of drug-likeness (QED) is 0.697. The second-order valence-corrected chi connectivity index (χ2v) is 4.75. The summed E-state index contributed by atoms with van der Waals surface area (Å²) in [5.74, 6) is -0.0153. The van der Waals surface area contributed by atoms with Crippen molar-refractivity contribution in [2.75, 3.05) is 5.73 Å². The molecule has 0 aliphatic heterocycles. The van der Waals surface area contributed by atoms with Crippen molar-refractivity contribution in [1.29, 1.82) is 0 Å². The number of halogens is 2. The molecule has 0 amide bonds. The Labute approximate surface area is 118 Å². The molecule has 2 aromatic rings. The van der Waals surface area contributed by atoms with Gasteiger partial charge in [0.1, 0.15) is 5.69 Å². The van der Waals surface area contributed by atoms with Gasteiger partial charge in [0.05, 0.1) is 11.5 Å². The molecule has 1 aromatic heterocycles. The van der Waals surface area contributed by atoms with Crippen molar-refractivity contribution in [3.8, 4) is 0 Å². The molecular formula is C11H10Cl2N4O2. The van der Waals surface area contributed by atoms with Gasteiger partial charge in [-0.15, -0.1) is 0 Å². The van der Waals surface area contributed by atoms with Gasteiger partial charge in [-0.1, -0.05) is 29.3 Å². The first kappa shape index (κ1) is 13.6. The SMILES string of the molecule is Cc1nn(Cc2c(Cl)cccc2Cl)c(N)c1[N+](=O)[O-]. The largest absolute Gasteiger partial charge is 0.378 e. The molecule has 19 heavy (non-hydrogen) atoms. The van der Waals surface area contributed by atoms with Crippen molar-refractivity contribution in [2.45, 2.75) is 13.5 Å². The standard InChI is InChI=1S/C11H10Cl2N4O2/c1-6-10(17(18)19)11(14)16(15-6)5-7-8(12)3-2-4-9(7)13/h2-4H,5,14H2,1H3. The average molecular weight is 301 g/mol. The van der Waals surface area contributed by atoms with Crippen LogP contribution < -0.4 is 5.73 Å². The molecule has 0 unspecified atom stereocenters. The third-order valence-corrected chi connectivity index (χ3v) is 3.39. The van der Waals surface area contributed by atoms with Gasteiger partial charge in [0.15, 0.2) is 0 Å². The van der Waals surface area contributed by atoms with Gasteiger partial charge in [0, 0.05) is 15.6 Å². The van der Waals surface area contributed by atoms with Crippen LogP contribution in [-0.4, -0.2) is 14.7 Å². The molecule has 0 saturated heterocycles. The fourth-order valence-corrected chi connectivity index (χ4v) is 2.29. The molecule has 0 fully saturated rings. The summed E-state index contributed by atoms with van der Waals surface area (Å²) in [5, 5.41) is 15.8. The number of nitro groups is 1. The highest BCUT2D eigenvalue weighted by atomic mass is 35.5. The van der Waals surface area contributed by atoms with E-state index in [0.29, 0.717) is 15.6 Å². The van der Waals surface area contributed by atoms with Crippen molar-refractivity contribution in [3.05, 3.63) is 49.6 Å². The minimum absolute atomic E-state index is 0.0153. The van der Waals surface area contributed by atoms with Crippen LogP contribution in [0.2, 0.25) is 10.0 Å². The minimum Gasteiger partial charge on any atom is -0.378 e. The Bertz CT molecular complexity index is 634. The lowest BCUT2D eigenvalue weighted by Gasteiger charge is -2.07. The number of aromatic nitrogens is 2. The highest BCUT2D eigenvalue weighted by molar-refractivity contribution is 6.35. The van der Waals surface area contributed by atoms with E-state index in [-0.39, 0.29) is 23.7 Å². The Morgan fingerprint density at radius 1 is 1.42 bits per heavy atom. The highest BCUT2D eigenvalue weighted by Gasteiger charge is 2.23. The van der Waals surface area contributed by atoms with E-state index >= 15 is 0 Å². The molecule has 0 spiro atoms. The Hall–Kier alpha value is -1.79. The number of hydrogen-bond donors (Lipinski definition) is 1. The number of nitrogens with two attached hydrogens (primary N) is 1. The van der Waals surface area contributed by atoms with Gasteiger partial charge in [-0.2, -0.15) is 5.10 Å². The van der Waals surface area contributed by atoms with E-state index < -0.39 is 4.92 Å². The maximum atomic E-state index is 10.9. The van der Waals surface area contributed by atoms with Crippen molar-refractivity contribution < 1.29 is 4.92 Å². The number of nitrogen functional groups attached to an aromatic ring is 1. The lowest BCUT2D eigenvalue weighted by Crippen LogP contribution is -2.07. The second kappa shape index (κ2) is 5.07. The van der Waals surface area contributed by atoms with E-state index in [1.165, 1.54) is 11.6 Å². The molecule has 2 N–H and O–H groups in total. The Morgan fingerprint density at radius 3 is 2.47 bits per heavy atom. The number of nitrogens with zero attached hydrogens (tertiary/aromatic N) is 3. The van der Waals surface area contributed by atoms with Crippen molar-refractivity contribution in [2.24, 2.45) is 0 Å². The van der Waals surface area contributed by atoms with Crippen LogP contribution in [0.3, 0.4) is 0 Å². The van der Waals surface area contributed by atoms with Gasteiger partial charge in [-0.3, -0.25) is 10.1 Å². The van der Waals surface area contributed by atoms with Gasteiger partial charge in [-0.05, 0) is 19.1 Å². The van der Waals surface area contributed by atoms with Gasteiger partial charge >= 0.3 is 5.69 Å². The first-order valence-corrected chi connectivity index (χ1v) is 6.07. The number of rotatable bonds is 3. The van der Waals surface area contributed by atoms with Crippen LogP contribution in [0.25, 0.3) is 0 Å². The lowest BCUT2D eigenvalue weighted by molar-refractivity contribution is -0.384. The fourth-order valence-electron chi connectivity index (χ4n) is 1.77. The summed E-state index contributed by atoms with van der Waals surface area (Å²) in [5.41, 5.74) is 6.41. The molecule has 1 heterocycles. The van der Waals surface area contributed by atoms with Crippen LogP contribution in [0, 0.1) is 17.0 Å². The summed E-state index contributed by atoms with van der Waals surface area (Å²) in [6.45, 7) is 1.71. The monoisotopic (exact) mass is 300 g/mol. The van der Waals surface area contributed by atoms with E-state index in [9.17, 15) is 10.1 Å². The second-order valence-electron chi connectivity index (χ2n) is 3.93. The van der Waals surface area contributed by atoms with E-state index in [1.807, 2.05) is 0 Å². The van der Waals surface area contributed by atoms with Gasteiger partial charge in [0.25, 0.3) is 0 Å². The smallest absolute Gasteiger partial charge is 0.333 e. The number of benzene rings is 1. The van der Waals surface area contributed by atoms with E-state index in [1.54, 1.807) is 18.2 Å². The topological polar surface area (TPSA) is 87.0 Å². The van der Waals surface area contributed by atoms with Crippen LogP contribution in [0.4, 0.5) is 11.5 Å². The summed E-state index contributed by atoms with van der Waals surface area (Å²) in [7, 11) is 0. The molecule has 2 rings (SSSR count). The molecular weight excluding hydrogens is 291 g/mol. The summed E-state index contributed by atoms with van der Waals surface area (Å²) < 4.78 is 1.32. The van der Waals surface area contributed by atoms with Gasteiger partial charge < -0.3 is 5.73 Å². The van der Waals surface area contributed by atoms with Gasteiger partial charge in [-0.25, -0.2) is 4.68 Å². The van der Waals surface area contributed by atoms with E-state index in [4.69, 9.17) is 28.9 Å². The van der Waals surface area contributed by atoms with Crippen LogP contribution in [0.15, 0.2) is 18.2 Å². The third-order valence-electron chi connectivity index (χ3n) is 2.69. The van der Waals surface area contributed by atoms with Crippen LogP contribution in [0.1, 0.15) is 11.3 Å². The van der Waals surface area contributed by atoms with E-state index in [0.717, 1.165) is 0 Å². The minimum atomic E-state index is -0.553. The first-order chi connectivity index (χ1) is 8.91. The molecule has 100 valence electrons. The molecule has 0 aliphatic carbocycles. The van der Waals surface area contributed by atoms with Crippen molar-refractivity contribution >= 4 is 34.7 Å². The van der Waals surface area contributed by atoms with E-state index in [2.05, 4.69) is 5.10 Å². The molecule has 0 radical (unpaired) electrons. The molecule has 0 bridgehead atoms. The summed E-state index contributed by atoms with van der Waals surface area (Å²) in [6.07, 6.45) is 0. The first-order valence-electron chi connectivity index (χ1n) is 5.32. The normalized spacial score (nSPS) is 10.7. The fraction of sp³-hybridized carbons (Fsp3) is 0.182. The zero-order valence-corrected chi connectivity index (χ0v) is 11.4. The van der Waals surface area contributed by atoms with Gasteiger partial charge in [0.2, 0.25) is 5.82 Å². The lowest BCUT2D eigenvalue weighted by atomic mass is 10.2. The number of anilines is 1. The molecule has 1 aromatic carbocycles. The third kappa shape index (κ3) is 2.50. The molecule has 8 heteroatoms. The average Bonchev–Trinajstić information content (AvgIpc) is 2.59. The zero-order valence-electron chi connectivity index (χ0n) is 9.93. The maximum Gasteiger partial charge on any atom is 0.333 e. The Morgan fingerprint density at radius 2 is 2.00 bits per heavy atom. The number of hydrogen-bond acceptors (Lipinski definition) is 4. The van der Waals surface area contributed by atoms with Crippen LogP contribution in [-0.2, 0) is 6.54 Å². The summed E-state index contributed by atoms with van der Waals surface area (Å²) >= 11 is 12.1. The molecule has 0 atom stereocenters. The summed E-state index contributed by atoms with van der Waals surface area (Å²) in [4.78, 5) is 10.3. The highest BCUT2D eigenvalue weighted by Crippen LogP contribution is 2.29. The maximum absolute atomic E-state index is 10.9. The summed E-state index contributed by atoms with van der Waals surface area (Å²) in [6, 6.07) is 5.09. The van der Waals surface area contributed by atoms with Crippen molar-refractivity contribution in [1.82, 2.24) is 9.78 Å². The van der Waals surface area contributed by atoms with Crippen LogP contribution >= 0.6 is 23.2 Å². The Kier molecular flexibility index (Phi) is 3.64. The molecule has 0 saturated carbocycles. The predicted molar refractivity (Wildman–Crippen MR) is 73.6 cm³/mol. The zero-order chi connectivity index (χ0) is 14.2. The number of aryl methyl sites for hydroxylation is 1. The van der Waals surface area contributed by atoms with Crippen LogP contribution in [0.5, 0.6) is 0 Å².